The lowest BCUT2D eigenvalue weighted by atomic mass is 9.91. The van der Waals surface area contributed by atoms with E-state index in [9.17, 15) is 5.11 Å². The van der Waals surface area contributed by atoms with E-state index in [0.29, 0.717) is 37.2 Å². The second kappa shape index (κ2) is 18.7. The zero-order valence-electron chi connectivity index (χ0n) is 36.8. The van der Waals surface area contributed by atoms with Crippen molar-refractivity contribution in [3.63, 3.8) is 0 Å². The van der Waals surface area contributed by atoms with Crippen molar-refractivity contribution >= 4 is 0 Å². The number of fused-ring (bicyclic) bond motifs is 8. The highest BCUT2D eigenvalue weighted by Gasteiger charge is 2.25. The molecule has 0 atom stereocenters. The molecule has 0 saturated heterocycles. The fourth-order valence-corrected chi connectivity index (χ4v) is 7.11. The number of rotatable bonds is 14. The Kier molecular flexibility index (Phi) is 14.2. The molecule has 4 aromatic rings. The van der Waals surface area contributed by atoms with Gasteiger partial charge >= 0.3 is 0 Å². The van der Waals surface area contributed by atoms with E-state index in [2.05, 4.69) is 24.3 Å². The highest BCUT2D eigenvalue weighted by molar-refractivity contribution is 5.59. The van der Waals surface area contributed by atoms with E-state index in [0.717, 1.165) is 73.3 Å². The van der Waals surface area contributed by atoms with Gasteiger partial charge in [0.15, 0.2) is 0 Å². The Morgan fingerprint density at radius 3 is 0.667 bits per heavy atom. The maximum Gasteiger partial charge on any atom is 0.126 e. The molecule has 0 aromatic heterocycles. The third-order valence-corrected chi connectivity index (χ3v) is 9.05. The normalized spacial score (nSPS) is 12.9. The molecule has 8 heteroatoms. The smallest absolute Gasteiger partial charge is 0.126 e. The summed E-state index contributed by atoms with van der Waals surface area (Å²) < 4.78 is 45.6. The molecule has 57 heavy (non-hydrogen) atoms. The van der Waals surface area contributed by atoms with Crippen LogP contribution in [0.15, 0.2) is 48.5 Å². The topological polar surface area (TPSA) is 84.8 Å². The Hall–Kier alpha value is -4.72. The summed E-state index contributed by atoms with van der Waals surface area (Å²) in [6, 6.07) is 16.5. The maximum absolute atomic E-state index is 11.6. The minimum absolute atomic E-state index is 0.0618. The zero-order chi connectivity index (χ0) is 41.7. The first-order valence-electron chi connectivity index (χ1n) is 20.8. The SMILES string of the molecule is CC(C)Oc1cc(OC(C)C)c2cc1Cc1cc(c(OC(C)C)cc1O)Cc1cc(c(OC(C)C)cc1OC(C)C)Cc1cc(c(OC(C)C)cc1OC(C)C)C2. The lowest BCUT2D eigenvalue weighted by Gasteiger charge is -2.25. The summed E-state index contributed by atoms with van der Waals surface area (Å²) in [7, 11) is 0. The van der Waals surface area contributed by atoms with Crippen LogP contribution in [0, 0.1) is 0 Å². The van der Waals surface area contributed by atoms with Gasteiger partial charge in [0.05, 0.1) is 42.7 Å². The molecule has 0 fully saturated rings. The summed E-state index contributed by atoms with van der Waals surface area (Å²) in [6.07, 6.45) is 1.46. The number of hydrogen-bond acceptors (Lipinski definition) is 8. The molecule has 1 aliphatic rings. The van der Waals surface area contributed by atoms with Crippen molar-refractivity contribution < 1.29 is 38.3 Å². The van der Waals surface area contributed by atoms with Crippen LogP contribution in [-0.2, 0) is 25.7 Å². The largest absolute Gasteiger partial charge is 0.508 e. The van der Waals surface area contributed by atoms with Crippen LogP contribution >= 0.6 is 0 Å². The second-order valence-corrected chi connectivity index (χ2v) is 17.2. The van der Waals surface area contributed by atoms with Crippen molar-refractivity contribution in [2.45, 2.75) is 165 Å². The van der Waals surface area contributed by atoms with E-state index >= 15 is 0 Å². The van der Waals surface area contributed by atoms with Crippen LogP contribution in [0.25, 0.3) is 0 Å². The summed E-state index contributed by atoms with van der Waals surface area (Å²) in [4.78, 5) is 0. The molecule has 0 saturated carbocycles. The molecule has 0 heterocycles. The fraction of sp³-hybridized carbons (Fsp3) is 0.510. The molecule has 4 aromatic carbocycles. The van der Waals surface area contributed by atoms with E-state index in [1.54, 1.807) is 6.07 Å². The minimum Gasteiger partial charge on any atom is -0.508 e. The Morgan fingerprint density at radius 1 is 0.281 bits per heavy atom. The third kappa shape index (κ3) is 11.7. The first-order valence-corrected chi connectivity index (χ1v) is 20.8. The van der Waals surface area contributed by atoms with Gasteiger partial charge in [-0.3, -0.25) is 0 Å². The van der Waals surface area contributed by atoms with Gasteiger partial charge in [-0.1, -0.05) is 0 Å². The molecule has 1 aliphatic carbocycles. The van der Waals surface area contributed by atoms with E-state index < -0.39 is 0 Å². The number of phenols is 1. The van der Waals surface area contributed by atoms with Crippen LogP contribution in [0.4, 0.5) is 0 Å². The van der Waals surface area contributed by atoms with Crippen LogP contribution in [-0.4, -0.2) is 47.8 Å². The molecule has 1 N–H and O–H groups in total. The third-order valence-electron chi connectivity index (χ3n) is 9.05. The molecule has 5 rings (SSSR count). The summed E-state index contributed by atoms with van der Waals surface area (Å²) in [5, 5.41) is 11.6. The van der Waals surface area contributed by atoms with Crippen molar-refractivity contribution in [1.29, 1.82) is 0 Å². The maximum atomic E-state index is 11.6. The standard InChI is InChI=1S/C49H66O8/c1-27(2)51-43-23-42(50)34-15-35(43)17-37-19-39(47(55-31(9)10)25-46(37)54-30(7)8)21-41-22-40(48(56-32(11)12)26-49(41)57-33(13)14)20-38-18-36(16-34)44(52-28(3)4)24-45(38)53-29(5)6/h15,18-19,22-33,50H,16-17,20-21H2,1-14H3. The van der Waals surface area contributed by atoms with E-state index in [-0.39, 0.29) is 48.5 Å². The highest BCUT2D eigenvalue weighted by atomic mass is 16.5. The second-order valence-electron chi connectivity index (χ2n) is 17.2. The van der Waals surface area contributed by atoms with Crippen molar-refractivity contribution in [1.82, 2.24) is 0 Å². The average Bonchev–Trinajstić information content (AvgIpc) is 3.06. The van der Waals surface area contributed by atoms with E-state index in [1.807, 2.05) is 115 Å². The molecule has 310 valence electrons. The first kappa shape index (κ1) is 43.4. The van der Waals surface area contributed by atoms with Gasteiger partial charge in [-0.15, -0.1) is 0 Å². The van der Waals surface area contributed by atoms with E-state index in [1.165, 1.54) is 0 Å². The quantitative estimate of drug-likeness (QED) is 0.119. The lowest BCUT2D eigenvalue weighted by molar-refractivity contribution is 0.225. The van der Waals surface area contributed by atoms with Gasteiger partial charge in [-0.05, 0) is 166 Å². The number of aromatic hydroxyl groups is 1. The average molecular weight is 783 g/mol. The van der Waals surface area contributed by atoms with Crippen LogP contribution in [0.1, 0.15) is 141 Å². The lowest BCUT2D eigenvalue weighted by Crippen LogP contribution is -2.15. The summed E-state index contributed by atoms with van der Waals surface area (Å²) in [5.41, 5.74) is 7.64. The molecule has 0 radical (unpaired) electrons. The number of phenolic OH excluding ortho intramolecular Hbond substituents is 1. The molecular formula is C49H66O8. The predicted molar refractivity (Wildman–Crippen MR) is 229 cm³/mol. The molecule has 0 spiro atoms. The predicted octanol–water partition coefficient (Wildman–Crippen LogP) is 11.6. The Labute approximate surface area is 341 Å². The Bertz CT molecular complexity index is 1980. The van der Waals surface area contributed by atoms with Crippen molar-refractivity contribution in [2.24, 2.45) is 0 Å². The summed E-state index contributed by atoms with van der Waals surface area (Å²) in [5.74, 6) is 5.27. The number of benzene rings is 4. The minimum atomic E-state index is -0.103. The van der Waals surface area contributed by atoms with Gasteiger partial charge < -0.3 is 38.3 Å². The van der Waals surface area contributed by atoms with Gasteiger partial charge in [-0.2, -0.15) is 0 Å². The molecular weight excluding hydrogens is 717 g/mol. The van der Waals surface area contributed by atoms with Crippen LogP contribution < -0.4 is 33.2 Å². The summed E-state index contributed by atoms with van der Waals surface area (Å²) >= 11 is 0. The van der Waals surface area contributed by atoms with Gasteiger partial charge in [-0.25, -0.2) is 0 Å². The van der Waals surface area contributed by atoms with Crippen molar-refractivity contribution in [3.05, 3.63) is 93.0 Å². The monoisotopic (exact) mass is 782 g/mol. The fourth-order valence-electron chi connectivity index (χ4n) is 7.11. The van der Waals surface area contributed by atoms with Crippen LogP contribution in [0.3, 0.4) is 0 Å². The van der Waals surface area contributed by atoms with Crippen LogP contribution in [0.5, 0.6) is 46.0 Å². The number of ether oxygens (including phenoxy) is 7. The molecule has 0 amide bonds. The van der Waals surface area contributed by atoms with Gasteiger partial charge in [0, 0.05) is 49.9 Å². The highest BCUT2D eigenvalue weighted by Crippen LogP contribution is 2.42. The first-order chi connectivity index (χ1) is 26.8. The van der Waals surface area contributed by atoms with Crippen molar-refractivity contribution in [3.8, 4) is 46.0 Å². The van der Waals surface area contributed by atoms with E-state index in [4.69, 9.17) is 33.2 Å². The van der Waals surface area contributed by atoms with Gasteiger partial charge in [0.25, 0.3) is 0 Å². The van der Waals surface area contributed by atoms with Gasteiger partial charge in [0.1, 0.15) is 46.0 Å². The molecule has 8 nitrogen and oxygen atoms in total. The Morgan fingerprint density at radius 2 is 0.456 bits per heavy atom. The van der Waals surface area contributed by atoms with Crippen LogP contribution in [0.2, 0.25) is 0 Å². The number of hydrogen-bond donors (Lipinski definition) is 1. The molecule has 8 bridgehead atoms. The summed E-state index contributed by atoms with van der Waals surface area (Å²) in [6.45, 7) is 28.4. The zero-order valence-corrected chi connectivity index (χ0v) is 36.8. The van der Waals surface area contributed by atoms with Gasteiger partial charge in [0.2, 0.25) is 0 Å². The molecule has 0 aliphatic heterocycles. The molecule has 0 unspecified atom stereocenters. The van der Waals surface area contributed by atoms with Crippen molar-refractivity contribution in [2.75, 3.05) is 0 Å². The Balaban J connectivity index is 1.89.